The van der Waals surface area contributed by atoms with Gasteiger partial charge >= 0.3 is 12.1 Å². The summed E-state index contributed by atoms with van der Waals surface area (Å²) in [6, 6.07) is 5.28. The van der Waals surface area contributed by atoms with Crippen LogP contribution >= 0.6 is 0 Å². The highest BCUT2D eigenvalue weighted by Gasteiger charge is 2.55. The van der Waals surface area contributed by atoms with Crippen LogP contribution in [0.2, 0.25) is 0 Å². The molecule has 1 aromatic rings. The summed E-state index contributed by atoms with van der Waals surface area (Å²) >= 11 is 0. The highest BCUT2D eigenvalue weighted by Crippen LogP contribution is 2.35. The van der Waals surface area contributed by atoms with Crippen molar-refractivity contribution in [3.05, 3.63) is 34.9 Å². The molecule has 2 fully saturated rings. The Bertz CT molecular complexity index is 948. The number of hydrogen-bond acceptors (Lipinski definition) is 4. The van der Waals surface area contributed by atoms with E-state index >= 15 is 0 Å². The van der Waals surface area contributed by atoms with Gasteiger partial charge in [0.25, 0.3) is 5.91 Å². The Morgan fingerprint density at radius 3 is 2.50 bits per heavy atom. The molecule has 1 unspecified atom stereocenters. The fraction of sp³-hybridized carbons (Fsp3) is 0.522. The maximum absolute atomic E-state index is 13.3. The first kappa shape index (κ1) is 20.3. The van der Waals surface area contributed by atoms with Crippen LogP contribution in [0.5, 0.6) is 0 Å². The van der Waals surface area contributed by atoms with Crippen LogP contribution in [-0.4, -0.2) is 58.1 Å². The fourth-order valence-electron chi connectivity index (χ4n) is 4.58. The molecule has 4 amide bonds. The molecule has 0 radical (unpaired) electrons. The lowest BCUT2D eigenvalue weighted by Crippen LogP contribution is -2.56. The number of amides is 4. The third-order valence-electron chi connectivity index (χ3n) is 6.11. The van der Waals surface area contributed by atoms with Gasteiger partial charge in [-0.1, -0.05) is 12.0 Å². The third-order valence-corrected chi connectivity index (χ3v) is 6.11. The molecule has 7 nitrogen and oxygen atoms in total. The Kier molecular flexibility index (Phi) is 4.76. The van der Waals surface area contributed by atoms with Gasteiger partial charge in [-0.3, -0.25) is 9.69 Å². The van der Waals surface area contributed by atoms with Gasteiger partial charge in [-0.05, 0) is 69.7 Å². The number of likely N-dealkylation sites (tertiary alicyclic amines) is 1. The van der Waals surface area contributed by atoms with Crippen LogP contribution in [0.4, 0.5) is 9.59 Å². The predicted octanol–water partition coefficient (Wildman–Crippen LogP) is 2.46. The monoisotopic (exact) mass is 409 g/mol. The first-order valence-electron chi connectivity index (χ1n) is 10.3. The number of urea groups is 1. The number of fused-ring (bicyclic) bond motifs is 1. The fourth-order valence-corrected chi connectivity index (χ4v) is 4.58. The van der Waals surface area contributed by atoms with E-state index in [1.807, 2.05) is 39.0 Å². The largest absolute Gasteiger partial charge is 0.444 e. The van der Waals surface area contributed by atoms with Crippen LogP contribution in [0.15, 0.2) is 18.2 Å². The number of hydrogen-bond donors (Lipinski definition) is 1. The van der Waals surface area contributed by atoms with E-state index in [0.29, 0.717) is 38.8 Å². The summed E-state index contributed by atoms with van der Waals surface area (Å²) in [6.07, 6.45) is 7.12. The highest BCUT2D eigenvalue weighted by atomic mass is 16.6. The summed E-state index contributed by atoms with van der Waals surface area (Å²) in [6.45, 7) is 6.19. The molecule has 4 rings (SSSR count). The highest BCUT2D eigenvalue weighted by molar-refractivity contribution is 6.07. The minimum atomic E-state index is -0.936. The smallest absolute Gasteiger partial charge is 0.410 e. The van der Waals surface area contributed by atoms with Crippen LogP contribution in [0.3, 0.4) is 0 Å². The van der Waals surface area contributed by atoms with Crippen LogP contribution in [0, 0.1) is 12.3 Å². The van der Waals surface area contributed by atoms with Gasteiger partial charge < -0.3 is 15.0 Å². The maximum Gasteiger partial charge on any atom is 0.410 e. The minimum Gasteiger partial charge on any atom is -0.444 e. The van der Waals surface area contributed by atoms with E-state index in [-0.39, 0.29) is 24.1 Å². The van der Waals surface area contributed by atoms with Crippen molar-refractivity contribution >= 4 is 18.0 Å². The third kappa shape index (κ3) is 3.51. The molecule has 0 aromatic heterocycles. The van der Waals surface area contributed by atoms with Crippen molar-refractivity contribution in [3.63, 3.8) is 0 Å². The molecule has 158 valence electrons. The SMILES string of the molecule is C#Cc1ccc2c(c1)CC(N1C(=O)NC3(CCN(C(=O)OC(C)(C)C)CC3)C1=O)C2. The molecule has 0 bridgehead atoms. The number of ether oxygens (including phenoxy) is 1. The number of nitrogens with one attached hydrogen (secondary N) is 1. The Morgan fingerprint density at radius 1 is 1.20 bits per heavy atom. The van der Waals surface area contributed by atoms with Gasteiger partial charge in [-0.2, -0.15) is 0 Å². The van der Waals surface area contributed by atoms with Crippen LogP contribution in [-0.2, 0) is 22.4 Å². The van der Waals surface area contributed by atoms with E-state index in [1.165, 1.54) is 4.90 Å². The molecular weight excluding hydrogens is 382 g/mol. The standard InChI is InChI=1S/C23H27N3O4/c1-5-15-6-7-16-13-18(14-17(16)12-15)26-19(27)23(24-20(26)28)8-10-25(11-9-23)21(29)30-22(2,3)4/h1,6-7,12,18H,8-11,13-14H2,2-4H3,(H,24,28). The van der Waals surface area contributed by atoms with Crippen molar-refractivity contribution in [2.75, 3.05) is 13.1 Å². The van der Waals surface area contributed by atoms with E-state index in [1.54, 1.807) is 4.90 Å². The maximum atomic E-state index is 13.3. The number of piperidine rings is 1. The number of terminal acetylenes is 1. The summed E-state index contributed by atoms with van der Waals surface area (Å²) in [4.78, 5) is 41.4. The zero-order valence-corrected chi connectivity index (χ0v) is 17.7. The van der Waals surface area contributed by atoms with Crippen molar-refractivity contribution in [1.82, 2.24) is 15.1 Å². The second-order valence-electron chi connectivity index (χ2n) is 9.34. The van der Waals surface area contributed by atoms with Crippen LogP contribution in [0.1, 0.15) is 50.3 Å². The summed E-state index contributed by atoms with van der Waals surface area (Å²) < 4.78 is 5.42. The van der Waals surface area contributed by atoms with Crippen molar-refractivity contribution in [2.24, 2.45) is 0 Å². The molecule has 2 heterocycles. The minimum absolute atomic E-state index is 0.189. The lowest BCUT2D eigenvalue weighted by molar-refractivity contribution is -0.134. The molecule has 1 atom stereocenters. The van der Waals surface area contributed by atoms with E-state index in [9.17, 15) is 14.4 Å². The zero-order chi connectivity index (χ0) is 21.7. The normalized spacial score (nSPS) is 22.7. The lowest BCUT2D eigenvalue weighted by atomic mass is 9.87. The van der Waals surface area contributed by atoms with Gasteiger partial charge in [-0.15, -0.1) is 6.42 Å². The molecule has 0 saturated carbocycles. The first-order valence-corrected chi connectivity index (χ1v) is 10.3. The van der Waals surface area contributed by atoms with Gasteiger partial charge in [0.15, 0.2) is 0 Å². The molecular formula is C23H27N3O4. The Balaban J connectivity index is 1.44. The van der Waals surface area contributed by atoms with Gasteiger partial charge in [0.1, 0.15) is 11.1 Å². The van der Waals surface area contributed by atoms with E-state index in [2.05, 4.69) is 11.2 Å². The van der Waals surface area contributed by atoms with E-state index in [0.717, 1.165) is 16.7 Å². The topological polar surface area (TPSA) is 79.0 Å². The van der Waals surface area contributed by atoms with Gasteiger partial charge in [0.2, 0.25) is 0 Å². The molecule has 2 saturated heterocycles. The van der Waals surface area contributed by atoms with Crippen molar-refractivity contribution < 1.29 is 19.1 Å². The predicted molar refractivity (Wildman–Crippen MR) is 111 cm³/mol. The van der Waals surface area contributed by atoms with E-state index in [4.69, 9.17) is 11.2 Å². The molecule has 1 spiro atoms. The number of benzene rings is 1. The van der Waals surface area contributed by atoms with E-state index < -0.39 is 11.1 Å². The molecule has 1 N–H and O–H groups in total. The molecule has 30 heavy (non-hydrogen) atoms. The molecule has 1 aliphatic carbocycles. The summed E-state index contributed by atoms with van der Waals surface area (Å²) in [5.74, 6) is 2.44. The molecule has 2 aliphatic heterocycles. The quantitative estimate of drug-likeness (QED) is 0.571. The van der Waals surface area contributed by atoms with Gasteiger partial charge in [0.05, 0.1) is 0 Å². The number of imide groups is 1. The lowest BCUT2D eigenvalue weighted by Gasteiger charge is -2.38. The Labute approximate surface area is 176 Å². The number of carbonyl (C=O) groups is 3. The van der Waals surface area contributed by atoms with Crippen molar-refractivity contribution in [3.8, 4) is 12.3 Å². The number of rotatable bonds is 1. The Hall–Kier alpha value is -3.01. The van der Waals surface area contributed by atoms with Gasteiger partial charge in [-0.25, -0.2) is 9.59 Å². The second kappa shape index (κ2) is 7.05. The summed E-state index contributed by atoms with van der Waals surface area (Å²) in [7, 11) is 0. The molecule has 7 heteroatoms. The molecule has 1 aromatic carbocycles. The van der Waals surface area contributed by atoms with Crippen LogP contribution < -0.4 is 5.32 Å². The van der Waals surface area contributed by atoms with Crippen molar-refractivity contribution in [2.45, 2.75) is 63.6 Å². The number of nitrogens with zero attached hydrogens (tertiary/aromatic N) is 2. The van der Waals surface area contributed by atoms with Crippen molar-refractivity contribution in [1.29, 1.82) is 0 Å². The second-order valence-corrected chi connectivity index (χ2v) is 9.34. The van der Waals surface area contributed by atoms with Gasteiger partial charge in [0, 0.05) is 24.7 Å². The Morgan fingerprint density at radius 2 is 1.87 bits per heavy atom. The summed E-state index contributed by atoms with van der Waals surface area (Å²) in [5, 5.41) is 2.93. The average Bonchev–Trinajstić information content (AvgIpc) is 3.18. The molecule has 3 aliphatic rings. The number of carbonyl (C=O) groups excluding carboxylic acids is 3. The first-order chi connectivity index (χ1) is 14.1. The average molecular weight is 409 g/mol. The summed E-state index contributed by atoms with van der Waals surface area (Å²) in [5.41, 5.74) is 1.51. The zero-order valence-electron chi connectivity index (χ0n) is 17.7. The van der Waals surface area contributed by atoms with Crippen LogP contribution in [0.25, 0.3) is 0 Å².